The van der Waals surface area contributed by atoms with Crippen molar-refractivity contribution >= 4 is 17.0 Å². The smallest absolute Gasteiger partial charge is 0.337 e. The Morgan fingerprint density at radius 2 is 1.85 bits per heavy atom. The van der Waals surface area contributed by atoms with Crippen LogP contribution in [0.2, 0.25) is 0 Å². The number of benzene rings is 2. The molecule has 0 amide bonds. The Hall–Kier alpha value is -3.67. The van der Waals surface area contributed by atoms with Gasteiger partial charge in [0.2, 0.25) is 0 Å². The van der Waals surface area contributed by atoms with E-state index >= 15 is 0 Å². The summed E-state index contributed by atoms with van der Waals surface area (Å²) in [6.07, 6.45) is 1.72. The number of hydrogen-bond acceptors (Lipinski definition) is 5. The van der Waals surface area contributed by atoms with Crippen LogP contribution in [0.4, 0.5) is 0 Å². The van der Waals surface area contributed by atoms with Crippen LogP contribution in [-0.4, -0.2) is 35.0 Å². The van der Waals surface area contributed by atoms with Crippen LogP contribution < -0.4 is 4.74 Å². The van der Waals surface area contributed by atoms with Gasteiger partial charge < -0.3 is 9.47 Å². The number of pyridine rings is 1. The van der Waals surface area contributed by atoms with Crippen LogP contribution in [0, 0.1) is 0 Å². The van der Waals surface area contributed by atoms with Crippen molar-refractivity contribution in [3.63, 3.8) is 0 Å². The Labute approximate surface area is 156 Å². The standard InChI is InChI=1S/C21H17N3O3/c1-26-17-9-4-6-14(13-17)19-18-10-5-11-22-20(18)24(23-19)16-8-3-7-15(12-16)21(25)27-2/h3-13H,1-2H3. The van der Waals surface area contributed by atoms with Crippen LogP contribution >= 0.6 is 0 Å². The highest BCUT2D eigenvalue weighted by molar-refractivity contribution is 5.93. The third kappa shape index (κ3) is 3.01. The molecule has 0 bridgehead atoms. The van der Waals surface area contributed by atoms with Gasteiger partial charge in [0, 0.05) is 17.1 Å². The second kappa shape index (κ2) is 6.92. The highest BCUT2D eigenvalue weighted by Crippen LogP contribution is 2.30. The summed E-state index contributed by atoms with van der Waals surface area (Å²) in [5, 5.41) is 5.69. The molecule has 0 radical (unpaired) electrons. The van der Waals surface area contributed by atoms with E-state index in [4.69, 9.17) is 14.6 Å². The number of carbonyl (C=O) groups excluding carboxylic acids is 1. The average Bonchev–Trinajstić information content (AvgIpc) is 3.13. The number of aromatic nitrogens is 3. The summed E-state index contributed by atoms with van der Waals surface area (Å²) in [7, 11) is 3.00. The van der Waals surface area contributed by atoms with Crippen molar-refractivity contribution < 1.29 is 14.3 Å². The zero-order chi connectivity index (χ0) is 18.8. The summed E-state index contributed by atoms with van der Waals surface area (Å²) < 4.78 is 11.9. The first-order valence-electron chi connectivity index (χ1n) is 8.38. The Morgan fingerprint density at radius 1 is 1.00 bits per heavy atom. The van der Waals surface area contributed by atoms with Gasteiger partial charge in [-0.3, -0.25) is 0 Å². The average molecular weight is 359 g/mol. The monoisotopic (exact) mass is 359 g/mol. The van der Waals surface area contributed by atoms with Gasteiger partial charge in [-0.25, -0.2) is 14.5 Å². The molecule has 0 unspecified atom stereocenters. The fraction of sp³-hybridized carbons (Fsp3) is 0.0952. The molecule has 0 atom stereocenters. The topological polar surface area (TPSA) is 66.2 Å². The van der Waals surface area contributed by atoms with Gasteiger partial charge in [0.05, 0.1) is 25.5 Å². The molecular weight excluding hydrogens is 342 g/mol. The molecule has 4 aromatic rings. The molecule has 4 rings (SSSR count). The molecule has 0 saturated heterocycles. The van der Waals surface area contributed by atoms with Crippen molar-refractivity contribution in [3.05, 3.63) is 72.4 Å². The number of carbonyl (C=O) groups is 1. The number of nitrogens with zero attached hydrogens (tertiary/aromatic N) is 3. The SMILES string of the molecule is COC(=O)c1cccc(-n2nc(-c3cccc(OC)c3)c3cccnc32)c1. The first-order chi connectivity index (χ1) is 13.2. The second-order valence-corrected chi connectivity index (χ2v) is 5.91. The molecule has 0 aliphatic heterocycles. The van der Waals surface area contributed by atoms with E-state index in [0.29, 0.717) is 11.2 Å². The molecule has 0 fully saturated rings. The summed E-state index contributed by atoms with van der Waals surface area (Å²) in [4.78, 5) is 16.4. The van der Waals surface area contributed by atoms with E-state index in [1.54, 1.807) is 36.2 Å². The quantitative estimate of drug-likeness (QED) is 0.517. The predicted octanol–water partition coefficient (Wildman–Crippen LogP) is 3.88. The zero-order valence-corrected chi connectivity index (χ0v) is 14.9. The van der Waals surface area contributed by atoms with Crippen LogP contribution in [0.25, 0.3) is 28.0 Å². The highest BCUT2D eigenvalue weighted by atomic mass is 16.5. The number of fused-ring (bicyclic) bond motifs is 1. The molecular formula is C21H17N3O3. The molecule has 27 heavy (non-hydrogen) atoms. The molecule has 0 saturated carbocycles. The van der Waals surface area contributed by atoms with E-state index in [-0.39, 0.29) is 0 Å². The molecule has 6 heteroatoms. The van der Waals surface area contributed by atoms with Crippen LogP contribution in [0.1, 0.15) is 10.4 Å². The van der Waals surface area contributed by atoms with Crippen molar-refractivity contribution in [2.75, 3.05) is 14.2 Å². The predicted molar refractivity (Wildman–Crippen MR) is 102 cm³/mol. The minimum Gasteiger partial charge on any atom is -0.497 e. The van der Waals surface area contributed by atoms with Gasteiger partial charge in [-0.1, -0.05) is 18.2 Å². The fourth-order valence-electron chi connectivity index (χ4n) is 3.00. The number of rotatable bonds is 4. The highest BCUT2D eigenvalue weighted by Gasteiger charge is 2.16. The molecule has 2 heterocycles. The Balaban J connectivity index is 1.92. The summed E-state index contributed by atoms with van der Waals surface area (Å²) in [6.45, 7) is 0. The Morgan fingerprint density at radius 3 is 2.67 bits per heavy atom. The maximum absolute atomic E-state index is 11.9. The fourth-order valence-corrected chi connectivity index (χ4v) is 3.00. The van der Waals surface area contributed by atoms with Gasteiger partial charge in [0.25, 0.3) is 0 Å². The van der Waals surface area contributed by atoms with Crippen molar-refractivity contribution in [3.8, 4) is 22.7 Å². The van der Waals surface area contributed by atoms with Gasteiger partial charge in [-0.15, -0.1) is 0 Å². The van der Waals surface area contributed by atoms with Crippen LogP contribution in [-0.2, 0) is 4.74 Å². The molecule has 0 spiro atoms. The van der Waals surface area contributed by atoms with Crippen molar-refractivity contribution in [2.45, 2.75) is 0 Å². The lowest BCUT2D eigenvalue weighted by molar-refractivity contribution is 0.0600. The first-order valence-corrected chi connectivity index (χ1v) is 8.38. The van der Waals surface area contributed by atoms with Crippen LogP contribution in [0.5, 0.6) is 5.75 Å². The number of esters is 1. The number of hydrogen-bond donors (Lipinski definition) is 0. The molecule has 2 aromatic carbocycles. The van der Waals surface area contributed by atoms with Gasteiger partial charge >= 0.3 is 5.97 Å². The molecule has 0 N–H and O–H groups in total. The van der Waals surface area contributed by atoms with E-state index in [0.717, 1.165) is 28.1 Å². The summed E-state index contributed by atoms with van der Waals surface area (Å²) in [5.41, 5.74) is 3.61. The molecule has 6 nitrogen and oxygen atoms in total. The van der Waals surface area contributed by atoms with Crippen molar-refractivity contribution in [2.24, 2.45) is 0 Å². The lowest BCUT2D eigenvalue weighted by Crippen LogP contribution is -2.04. The molecule has 134 valence electrons. The van der Waals surface area contributed by atoms with E-state index in [2.05, 4.69) is 4.98 Å². The van der Waals surface area contributed by atoms with Gasteiger partial charge in [-0.05, 0) is 42.5 Å². The number of methoxy groups -OCH3 is 2. The van der Waals surface area contributed by atoms with E-state index in [9.17, 15) is 4.79 Å². The third-order valence-electron chi connectivity index (χ3n) is 4.30. The van der Waals surface area contributed by atoms with Gasteiger partial charge in [-0.2, -0.15) is 5.10 Å². The zero-order valence-electron chi connectivity index (χ0n) is 14.9. The lowest BCUT2D eigenvalue weighted by Gasteiger charge is -2.05. The van der Waals surface area contributed by atoms with E-state index in [1.807, 2.05) is 42.5 Å². The second-order valence-electron chi connectivity index (χ2n) is 5.91. The molecule has 0 aliphatic carbocycles. The number of ether oxygens (including phenoxy) is 2. The normalized spacial score (nSPS) is 10.7. The Kier molecular flexibility index (Phi) is 4.30. The summed E-state index contributed by atoms with van der Waals surface area (Å²) in [6, 6.07) is 18.7. The maximum atomic E-state index is 11.9. The van der Waals surface area contributed by atoms with Crippen LogP contribution in [0.15, 0.2) is 66.9 Å². The third-order valence-corrected chi connectivity index (χ3v) is 4.30. The molecule has 0 aliphatic rings. The van der Waals surface area contributed by atoms with Crippen molar-refractivity contribution in [1.82, 2.24) is 14.8 Å². The maximum Gasteiger partial charge on any atom is 0.337 e. The largest absolute Gasteiger partial charge is 0.497 e. The van der Waals surface area contributed by atoms with E-state index < -0.39 is 5.97 Å². The summed E-state index contributed by atoms with van der Waals surface area (Å²) in [5.74, 6) is 0.362. The Bertz CT molecular complexity index is 1130. The minimum absolute atomic E-state index is 0.394. The van der Waals surface area contributed by atoms with Gasteiger partial charge in [0.15, 0.2) is 5.65 Å². The first kappa shape index (κ1) is 16.8. The van der Waals surface area contributed by atoms with E-state index in [1.165, 1.54) is 7.11 Å². The molecule has 2 aromatic heterocycles. The summed E-state index contributed by atoms with van der Waals surface area (Å²) >= 11 is 0. The lowest BCUT2D eigenvalue weighted by atomic mass is 10.1. The van der Waals surface area contributed by atoms with Crippen molar-refractivity contribution in [1.29, 1.82) is 0 Å². The van der Waals surface area contributed by atoms with Gasteiger partial charge in [0.1, 0.15) is 11.4 Å². The minimum atomic E-state index is -0.394. The van der Waals surface area contributed by atoms with Crippen LogP contribution in [0.3, 0.4) is 0 Å².